The zero-order valence-electron chi connectivity index (χ0n) is 12.2. The van der Waals surface area contributed by atoms with E-state index in [2.05, 4.69) is 0 Å². The van der Waals surface area contributed by atoms with Crippen molar-refractivity contribution >= 4 is 17.6 Å². The monoisotopic (exact) mass is 288 g/mol. The van der Waals surface area contributed by atoms with E-state index in [1.807, 2.05) is 29.3 Å². The van der Waals surface area contributed by atoms with E-state index in [1.165, 1.54) is 0 Å². The number of hydrazine groups is 1. The normalized spacial score (nSPS) is 21.1. The highest BCUT2D eigenvalue weighted by Crippen LogP contribution is 2.45. The molecule has 0 bridgehead atoms. The van der Waals surface area contributed by atoms with Crippen LogP contribution >= 0.6 is 0 Å². The van der Waals surface area contributed by atoms with Gasteiger partial charge in [-0.3, -0.25) is 19.6 Å². The van der Waals surface area contributed by atoms with Gasteiger partial charge in [-0.2, -0.15) is 0 Å². The Morgan fingerprint density at radius 3 is 2.48 bits per heavy atom. The summed E-state index contributed by atoms with van der Waals surface area (Å²) in [6.07, 6.45) is 3.70. The van der Waals surface area contributed by atoms with Gasteiger partial charge < -0.3 is 5.11 Å². The van der Waals surface area contributed by atoms with Crippen LogP contribution in [0.25, 0.3) is 0 Å². The lowest BCUT2D eigenvalue weighted by Crippen LogP contribution is -2.39. The number of para-hydroxylation sites is 1. The molecule has 1 aromatic rings. The lowest BCUT2D eigenvalue weighted by molar-refractivity contribution is -0.143. The van der Waals surface area contributed by atoms with Crippen LogP contribution in [0.15, 0.2) is 24.3 Å². The molecule has 1 saturated carbocycles. The van der Waals surface area contributed by atoms with E-state index in [0.717, 1.165) is 24.1 Å². The fourth-order valence-corrected chi connectivity index (χ4v) is 3.61. The number of nitrogens with zero attached hydrogens (tertiary/aromatic N) is 2. The van der Waals surface area contributed by atoms with Gasteiger partial charge in [0.05, 0.1) is 11.1 Å². The number of benzene rings is 1. The molecule has 0 radical (unpaired) electrons. The van der Waals surface area contributed by atoms with Crippen LogP contribution in [-0.4, -0.2) is 35.6 Å². The molecule has 0 spiro atoms. The molecule has 112 valence electrons. The van der Waals surface area contributed by atoms with E-state index < -0.39 is 11.4 Å². The Morgan fingerprint density at radius 2 is 1.90 bits per heavy atom. The Balaban J connectivity index is 2.08. The average Bonchev–Trinajstić information content (AvgIpc) is 3.09. The summed E-state index contributed by atoms with van der Waals surface area (Å²) < 4.78 is 0. The van der Waals surface area contributed by atoms with Gasteiger partial charge in [0.25, 0.3) is 0 Å². The number of rotatable bonds is 3. The summed E-state index contributed by atoms with van der Waals surface area (Å²) in [6, 6.07) is 7.62. The molecular formula is C16H20N2O3. The van der Waals surface area contributed by atoms with Crippen LogP contribution in [0.5, 0.6) is 0 Å². The third-order valence-corrected chi connectivity index (χ3v) is 4.82. The van der Waals surface area contributed by atoms with Gasteiger partial charge in [0.1, 0.15) is 0 Å². The smallest absolute Gasteiger partial charge is 0.314 e. The van der Waals surface area contributed by atoms with E-state index in [4.69, 9.17) is 0 Å². The second-order valence-electron chi connectivity index (χ2n) is 5.90. The summed E-state index contributed by atoms with van der Waals surface area (Å²) in [6.45, 7) is 0.613. The third kappa shape index (κ3) is 2.07. The molecule has 0 atom stereocenters. The largest absolute Gasteiger partial charge is 0.481 e. The van der Waals surface area contributed by atoms with Crippen LogP contribution in [0, 0.1) is 0 Å². The van der Waals surface area contributed by atoms with Crippen molar-refractivity contribution in [2.24, 2.45) is 0 Å². The molecule has 1 aliphatic heterocycles. The molecule has 2 aliphatic rings. The van der Waals surface area contributed by atoms with Crippen LogP contribution in [-0.2, 0) is 15.0 Å². The Hall–Kier alpha value is -2.04. The number of hydrogen-bond donors (Lipinski definition) is 1. The Bertz CT molecular complexity index is 579. The molecule has 0 unspecified atom stereocenters. The standard InChI is InChI=1S/C16H20N2O3/c1-17-14(19)8-11-18(17)13-7-3-2-6-12(13)16(15(20)21)9-4-5-10-16/h2-3,6-7H,4-5,8-11H2,1H3,(H,20,21). The molecule has 1 saturated heterocycles. The molecule has 3 rings (SSSR count). The topological polar surface area (TPSA) is 60.9 Å². The molecule has 1 heterocycles. The van der Waals surface area contributed by atoms with Gasteiger partial charge in [0.15, 0.2) is 0 Å². The number of carbonyl (C=O) groups excluding carboxylic acids is 1. The maximum atomic E-state index is 11.9. The fraction of sp³-hybridized carbons (Fsp3) is 0.500. The van der Waals surface area contributed by atoms with Crippen molar-refractivity contribution in [3.8, 4) is 0 Å². The van der Waals surface area contributed by atoms with E-state index in [1.54, 1.807) is 12.1 Å². The van der Waals surface area contributed by atoms with Gasteiger partial charge in [-0.1, -0.05) is 31.0 Å². The molecule has 2 fully saturated rings. The summed E-state index contributed by atoms with van der Waals surface area (Å²) in [5.41, 5.74) is 0.898. The molecule has 1 aliphatic carbocycles. The fourth-order valence-electron chi connectivity index (χ4n) is 3.61. The third-order valence-electron chi connectivity index (χ3n) is 4.82. The van der Waals surface area contributed by atoms with E-state index in [0.29, 0.717) is 25.8 Å². The van der Waals surface area contributed by atoms with Crippen molar-refractivity contribution in [3.05, 3.63) is 29.8 Å². The van der Waals surface area contributed by atoms with Crippen LogP contribution < -0.4 is 5.01 Å². The van der Waals surface area contributed by atoms with Crippen LogP contribution in [0.4, 0.5) is 5.69 Å². The van der Waals surface area contributed by atoms with Crippen molar-refractivity contribution in [2.45, 2.75) is 37.5 Å². The van der Waals surface area contributed by atoms with Gasteiger partial charge in [-0.15, -0.1) is 0 Å². The van der Waals surface area contributed by atoms with Crippen LogP contribution in [0.2, 0.25) is 0 Å². The lowest BCUT2D eigenvalue weighted by atomic mass is 9.78. The minimum absolute atomic E-state index is 0.0700. The molecule has 0 aromatic heterocycles. The van der Waals surface area contributed by atoms with Gasteiger partial charge in [0.2, 0.25) is 5.91 Å². The van der Waals surface area contributed by atoms with Gasteiger partial charge in [-0.25, -0.2) is 0 Å². The number of aliphatic carboxylic acids is 1. The molecule has 1 N–H and O–H groups in total. The summed E-state index contributed by atoms with van der Waals surface area (Å²) in [7, 11) is 1.74. The summed E-state index contributed by atoms with van der Waals surface area (Å²) in [5.74, 6) is -0.679. The summed E-state index contributed by atoms with van der Waals surface area (Å²) in [4.78, 5) is 23.7. The van der Waals surface area contributed by atoms with Gasteiger partial charge in [0, 0.05) is 20.0 Å². The van der Waals surface area contributed by atoms with Crippen LogP contribution in [0.1, 0.15) is 37.7 Å². The predicted molar refractivity (Wildman–Crippen MR) is 79.0 cm³/mol. The Kier molecular flexibility index (Phi) is 3.35. The number of carboxylic acid groups (broad SMARTS) is 1. The molecule has 1 aromatic carbocycles. The summed E-state index contributed by atoms with van der Waals surface area (Å²) in [5, 5.41) is 13.3. The van der Waals surface area contributed by atoms with Gasteiger partial charge >= 0.3 is 5.97 Å². The molecule has 1 amide bonds. The highest BCUT2D eigenvalue weighted by Gasteiger charge is 2.45. The highest BCUT2D eigenvalue weighted by molar-refractivity contribution is 5.86. The van der Waals surface area contributed by atoms with E-state index >= 15 is 0 Å². The first kappa shape index (κ1) is 13.9. The maximum Gasteiger partial charge on any atom is 0.314 e. The average molecular weight is 288 g/mol. The Labute approximate surface area is 124 Å². The molecule has 21 heavy (non-hydrogen) atoms. The van der Waals surface area contributed by atoms with Crippen molar-refractivity contribution in [1.29, 1.82) is 0 Å². The van der Waals surface area contributed by atoms with Gasteiger partial charge in [-0.05, 0) is 24.5 Å². The molecule has 5 nitrogen and oxygen atoms in total. The van der Waals surface area contributed by atoms with Crippen molar-refractivity contribution < 1.29 is 14.7 Å². The number of anilines is 1. The predicted octanol–water partition coefficient (Wildman–Crippen LogP) is 2.17. The highest BCUT2D eigenvalue weighted by atomic mass is 16.4. The minimum atomic E-state index is -0.803. The second-order valence-corrected chi connectivity index (χ2v) is 5.90. The van der Waals surface area contributed by atoms with Crippen molar-refractivity contribution in [1.82, 2.24) is 5.01 Å². The number of carbonyl (C=O) groups is 2. The van der Waals surface area contributed by atoms with E-state index in [9.17, 15) is 14.7 Å². The zero-order valence-corrected chi connectivity index (χ0v) is 12.2. The SMILES string of the molecule is CN1C(=O)CCN1c1ccccc1C1(C(=O)O)CCCC1. The minimum Gasteiger partial charge on any atom is -0.481 e. The van der Waals surface area contributed by atoms with Crippen molar-refractivity contribution in [2.75, 3.05) is 18.6 Å². The van der Waals surface area contributed by atoms with Crippen LogP contribution in [0.3, 0.4) is 0 Å². The first-order chi connectivity index (χ1) is 10.1. The number of amides is 1. The lowest BCUT2D eigenvalue weighted by Gasteiger charge is -2.33. The molecule has 5 heteroatoms. The van der Waals surface area contributed by atoms with E-state index in [-0.39, 0.29) is 5.91 Å². The number of carboxylic acids is 1. The first-order valence-electron chi connectivity index (χ1n) is 7.43. The zero-order chi connectivity index (χ0) is 15.0. The second kappa shape index (κ2) is 5.06. The van der Waals surface area contributed by atoms with Crippen molar-refractivity contribution in [3.63, 3.8) is 0 Å². The maximum absolute atomic E-state index is 11.9. The molecular weight excluding hydrogens is 268 g/mol. The number of hydrogen-bond acceptors (Lipinski definition) is 3. The first-order valence-corrected chi connectivity index (χ1v) is 7.43. The summed E-state index contributed by atoms with van der Waals surface area (Å²) >= 11 is 0. The quantitative estimate of drug-likeness (QED) is 0.926. The Morgan fingerprint density at radius 1 is 1.24 bits per heavy atom.